The molecule has 0 bridgehead atoms. The summed E-state index contributed by atoms with van der Waals surface area (Å²) in [6, 6.07) is 32.3. The van der Waals surface area contributed by atoms with Crippen molar-refractivity contribution in [3.63, 3.8) is 0 Å². The number of aromatic nitrogens is 3. The van der Waals surface area contributed by atoms with Crippen LogP contribution in [0.3, 0.4) is 0 Å². The molecule has 1 heterocycles. The molecule has 0 amide bonds. The van der Waals surface area contributed by atoms with Crippen LogP contribution in [0.4, 0.5) is 0 Å². The Morgan fingerprint density at radius 2 is 1.54 bits per heavy atom. The molecule has 0 aliphatic rings. The van der Waals surface area contributed by atoms with Crippen LogP contribution >= 0.6 is 0 Å². The topological polar surface area (TPSA) is 86.3 Å². The summed E-state index contributed by atoms with van der Waals surface area (Å²) in [6.07, 6.45) is 2.25. The number of ether oxygens (including phenoxy) is 1. The van der Waals surface area contributed by atoms with Gasteiger partial charge in [-0.1, -0.05) is 106 Å². The SMILES string of the molecule is CCn1c(CCCc2cccc(-c3ccc(OCc4ccccc4)c(CC(=O)O)c3)c2)nn(Cc2ccc(C(C)(C)C)cc2)c1=O. The lowest BCUT2D eigenvalue weighted by Gasteiger charge is -2.19. The van der Waals surface area contributed by atoms with Crippen molar-refractivity contribution in [1.29, 1.82) is 0 Å². The first-order valence-corrected chi connectivity index (χ1v) is 16.0. The summed E-state index contributed by atoms with van der Waals surface area (Å²) in [5.74, 6) is 0.482. The minimum Gasteiger partial charge on any atom is -0.489 e. The molecule has 1 N–H and O–H groups in total. The largest absolute Gasteiger partial charge is 0.489 e. The van der Waals surface area contributed by atoms with E-state index in [1.165, 1.54) is 11.1 Å². The molecule has 0 aliphatic heterocycles. The van der Waals surface area contributed by atoms with Crippen molar-refractivity contribution in [1.82, 2.24) is 14.3 Å². The van der Waals surface area contributed by atoms with E-state index in [0.29, 0.717) is 37.4 Å². The maximum absolute atomic E-state index is 13.1. The number of aryl methyl sites for hydroxylation is 2. The maximum Gasteiger partial charge on any atom is 0.346 e. The molecule has 5 rings (SSSR count). The molecule has 46 heavy (non-hydrogen) atoms. The van der Waals surface area contributed by atoms with Gasteiger partial charge in [-0.25, -0.2) is 9.48 Å². The number of hydrogen-bond donors (Lipinski definition) is 1. The maximum atomic E-state index is 13.1. The summed E-state index contributed by atoms with van der Waals surface area (Å²) in [5, 5.41) is 14.3. The van der Waals surface area contributed by atoms with E-state index in [1.807, 2.05) is 67.6 Å². The third-order valence-corrected chi connectivity index (χ3v) is 8.23. The fraction of sp³-hybridized carbons (Fsp3) is 0.308. The summed E-state index contributed by atoms with van der Waals surface area (Å²) >= 11 is 0. The molecule has 7 heteroatoms. The fourth-order valence-corrected chi connectivity index (χ4v) is 5.67. The van der Waals surface area contributed by atoms with Crippen molar-refractivity contribution in [2.24, 2.45) is 0 Å². The van der Waals surface area contributed by atoms with Gasteiger partial charge >= 0.3 is 11.7 Å². The Labute approximate surface area is 271 Å². The zero-order valence-corrected chi connectivity index (χ0v) is 27.2. The Hall–Kier alpha value is -4.91. The Bertz CT molecular complexity index is 1830. The first kappa shape index (κ1) is 32.5. The first-order chi connectivity index (χ1) is 22.1. The Balaban J connectivity index is 1.25. The van der Waals surface area contributed by atoms with Gasteiger partial charge in [-0.3, -0.25) is 9.36 Å². The highest BCUT2D eigenvalue weighted by molar-refractivity contribution is 5.74. The summed E-state index contributed by atoms with van der Waals surface area (Å²) in [6.45, 7) is 9.96. The second-order valence-electron chi connectivity index (χ2n) is 12.8. The van der Waals surface area contributed by atoms with Gasteiger partial charge in [0.05, 0.1) is 13.0 Å². The molecular formula is C39H43N3O4. The van der Waals surface area contributed by atoms with E-state index in [-0.39, 0.29) is 17.5 Å². The molecule has 1 aromatic heterocycles. The van der Waals surface area contributed by atoms with Gasteiger partial charge in [0, 0.05) is 18.5 Å². The zero-order valence-electron chi connectivity index (χ0n) is 27.2. The second-order valence-corrected chi connectivity index (χ2v) is 12.8. The Kier molecular flexibility index (Phi) is 10.2. The molecule has 0 aliphatic carbocycles. The van der Waals surface area contributed by atoms with Gasteiger partial charge in [0.1, 0.15) is 18.2 Å². The average molecular weight is 618 g/mol. The number of carbonyl (C=O) groups is 1. The van der Waals surface area contributed by atoms with Gasteiger partial charge in [0.25, 0.3) is 0 Å². The van der Waals surface area contributed by atoms with Crippen LogP contribution < -0.4 is 10.4 Å². The van der Waals surface area contributed by atoms with Crippen molar-refractivity contribution in [2.75, 3.05) is 0 Å². The summed E-state index contributed by atoms with van der Waals surface area (Å²) in [7, 11) is 0. The van der Waals surface area contributed by atoms with Gasteiger partial charge in [0.2, 0.25) is 0 Å². The lowest BCUT2D eigenvalue weighted by atomic mass is 9.87. The molecule has 5 aromatic rings. The molecular weight excluding hydrogens is 574 g/mol. The minimum absolute atomic E-state index is 0.0762. The van der Waals surface area contributed by atoms with E-state index >= 15 is 0 Å². The molecule has 0 fully saturated rings. The van der Waals surface area contributed by atoms with E-state index in [4.69, 9.17) is 9.84 Å². The van der Waals surface area contributed by atoms with E-state index in [1.54, 1.807) is 9.25 Å². The lowest BCUT2D eigenvalue weighted by Crippen LogP contribution is -2.25. The normalized spacial score (nSPS) is 11.5. The molecule has 7 nitrogen and oxygen atoms in total. The molecule has 0 spiro atoms. The van der Waals surface area contributed by atoms with Gasteiger partial charge in [-0.05, 0) is 70.7 Å². The predicted octanol–water partition coefficient (Wildman–Crippen LogP) is 7.46. The van der Waals surface area contributed by atoms with E-state index in [9.17, 15) is 14.7 Å². The van der Waals surface area contributed by atoms with E-state index in [2.05, 4.69) is 57.2 Å². The van der Waals surface area contributed by atoms with Gasteiger partial charge in [-0.2, -0.15) is 5.10 Å². The van der Waals surface area contributed by atoms with Crippen molar-refractivity contribution < 1.29 is 14.6 Å². The van der Waals surface area contributed by atoms with Crippen LogP contribution in [-0.4, -0.2) is 25.4 Å². The van der Waals surface area contributed by atoms with Crippen LogP contribution in [-0.2, 0) is 49.2 Å². The molecule has 0 unspecified atom stereocenters. The number of benzene rings is 4. The fourth-order valence-electron chi connectivity index (χ4n) is 5.67. The van der Waals surface area contributed by atoms with Crippen molar-refractivity contribution in [2.45, 2.75) is 78.5 Å². The molecule has 238 valence electrons. The lowest BCUT2D eigenvalue weighted by molar-refractivity contribution is -0.136. The summed E-state index contributed by atoms with van der Waals surface area (Å²) in [5.41, 5.74) is 7.12. The van der Waals surface area contributed by atoms with Crippen molar-refractivity contribution in [3.8, 4) is 16.9 Å². The highest BCUT2D eigenvalue weighted by Gasteiger charge is 2.16. The van der Waals surface area contributed by atoms with Gasteiger partial charge in [0.15, 0.2) is 0 Å². The highest BCUT2D eigenvalue weighted by Crippen LogP contribution is 2.29. The number of carboxylic acid groups (broad SMARTS) is 1. The van der Waals surface area contributed by atoms with E-state index in [0.717, 1.165) is 40.9 Å². The second kappa shape index (κ2) is 14.5. The van der Waals surface area contributed by atoms with Crippen LogP contribution in [0.15, 0.2) is 102 Å². The molecule has 0 saturated carbocycles. The molecule has 4 aromatic carbocycles. The van der Waals surface area contributed by atoms with Crippen LogP contribution in [0.25, 0.3) is 11.1 Å². The van der Waals surface area contributed by atoms with Crippen molar-refractivity contribution in [3.05, 3.63) is 141 Å². The van der Waals surface area contributed by atoms with Crippen LogP contribution in [0, 0.1) is 0 Å². The zero-order chi connectivity index (χ0) is 32.7. The molecule has 0 saturated heterocycles. The van der Waals surface area contributed by atoms with Crippen molar-refractivity contribution >= 4 is 5.97 Å². The predicted molar refractivity (Wildman–Crippen MR) is 182 cm³/mol. The van der Waals surface area contributed by atoms with Gasteiger partial charge < -0.3 is 9.84 Å². The standard InChI is InChI=1S/C39H43N3O4/c1-5-41-36(40-42(38(41)45)26-29-17-20-34(21-18-29)39(2,3)4)16-10-14-28-13-9-15-31(23-28)32-19-22-35(33(24-32)25-37(43)44)46-27-30-11-7-6-8-12-30/h6-9,11-13,15,17-24H,5,10,14,16,25-27H2,1-4H3,(H,43,44). The van der Waals surface area contributed by atoms with E-state index < -0.39 is 5.97 Å². The first-order valence-electron chi connectivity index (χ1n) is 16.0. The van der Waals surface area contributed by atoms with Crippen LogP contribution in [0.2, 0.25) is 0 Å². The highest BCUT2D eigenvalue weighted by atomic mass is 16.5. The number of hydrogen-bond acceptors (Lipinski definition) is 4. The number of aliphatic carboxylic acids is 1. The smallest absolute Gasteiger partial charge is 0.346 e. The Morgan fingerprint density at radius 1 is 0.826 bits per heavy atom. The third-order valence-electron chi connectivity index (χ3n) is 8.23. The number of rotatable bonds is 13. The Morgan fingerprint density at radius 3 is 2.24 bits per heavy atom. The summed E-state index contributed by atoms with van der Waals surface area (Å²) in [4.78, 5) is 24.8. The number of nitrogens with zero attached hydrogens (tertiary/aromatic N) is 3. The van der Waals surface area contributed by atoms with Crippen LogP contribution in [0.1, 0.15) is 67.8 Å². The third kappa shape index (κ3) is 8.21. The minimum atomic E-state index is -0.901. The monoisotopic (exact) mass is 617 g/mol. The van der Waals surface area contributed by atoms with Gasteiger partial charge in [-0.15, -0.1) is 0 Å². The summed E-state index contributed by atoms with van der Waals surface area (Å²) < 4.78 is 9.36. The molecule has 0 atom stereocenters. The quantitative estimate of drug-likeness (QED) is 0.148. The number of carboxylic acids is 1. The average Bonchev–Trinajstić information content (AvgIpc) is 3.33. The van der Waals surface area contributed by atoms with Crippen LogP contribution in [0.5, 0.6) is 5.75 Å². The molecule has 0 radical (unpaired) electrons.